The molecule has 9 heteroatoms. The van der Waals surface area contributed by atoms with Crippen molar-refractivity contribution in [3.63, 3.8) is 0 Å². The van der Waals surface area contributed by atoms with Gasteiger partial charge in [0.25, 0.3) is 5.91 Å². The number of amides is 1. The van der Waals surface area contributed by atoms with Crippen LogP contribution in [-0.4, -0.2) is 53.8 Å². The van der Waals surface area contributed by atoms with Crippen LogP contribution in [0.25, 0.3) is 10.3 Å². The van der Waals surface area contributed by atoms with Crippen LogP contribution in [0.15, 0.2) is 12.4 Å². The Labute approximate surface area is 125 Å². The number of nitrogens with zero attached hydrogens (tertiary/aromatic N) is 3. The fourth-order valence-electron chi connectivity index (χ4n) is 2.41. The molecule has 112 valence electrons. The quantitative estimate of drug-likeness (QED) is 0.863. The molecule has 1 atom stereocenters. The lowest BCUT2D eigenvalue weighted by Gasteiger charge is -2.22. The van der Waals surface area contributed by atoms with E-state index in [9.17, 15) is 13.2 Å². The highest BCUT2D eigenvalue weighted by Crippen LogP contribution is 2.32. The number of hydrogen-bond acceptors (Lipinski definition) is 7. The summed E-state index contributed by atoms with van der Waals surface area (Å²) in [5, 5.41) is 0. The molecule has 7 nitrogen and oxygen atoms in total. The van der Waals surface area contributed by atoms with Crippen LogP contribution in [-0.2, 0) is 9.84 Å². The molecule has 1 aliphatic heterocycles. The van der Waals surface area contributed by atoms with Gasteiger partial charge in [0.1, 0.15) is 15.2 Å². The summed E-state index contributed by atoms with van der Waals surface area (Å²) in [6.45, 7) is 0. The van der Waals surface area contributed by atoms with Gasteiger partial charge in [0.15, 0.2) is 9.84 Å². The Hall–Kier alpha value is -1.74. The van der Waals surface area contributed by atoms with Crippen molar-refractivity contribution in [3.05, 3.63) is 17.3 Å². The van der Waals surface area contributed by atoms with Gasteiger partial charge in [0.05, 0.1) is 17.2 Å². The Morgan fingerprint density at radius 1 is 1.43 bits per heavy atom. The van der Waals surface area contributed by atoms with Crippen molar-refractivity contribution >= 4 is 43.1 Å². The Morgan fingerprint density at radius 2 is 2.14 bits per heavy atom. The molecule has 1 unspecified atom stereocenters. The van der Waals surface area contributed by atoms with E-state index >= 15 is 0 Å². The van der Waals surface area contributed by atoms with E-state index in [-0.39, 0.29) is 23.5 Å². The minimum absolute atomic E-state index is 0.0105. The molecule has 0 saturated carbocycles. The van der Waals surface area contributed by atoms with E-state index in [0.29, 0.717) is 27.3 Å². The molecular weight excluding hydrogens is 312 g/mol. The maximum atomic E-state index is 12.5. The zero-order valence-corrected chi connectivity index (χ0v) is 12.9. The average Bonchev–Trinajstić information content (AvgIpc) is 2.98. The minimum atomic E-state index is -3.04. The molecule has 0 aliphatic carbocycles. The van der Waals surface area contributed by atoms with Crippen molar-refractivity contribution < 1.29 is 13.2 Å². The zero-order chi connectivity index (χ0) is 15.2. The van der Waals surface area contributed by atoms with Gasteiger partial charge in [-0.3, -0.25) is 4.79 Å². The van der Waals surface area contributed by atoms with Crippen molar-refractivity contribution in [2.24, 2.45) is 0 Å². The van der Waals surface area contributed by atoms with Crippen LogP contribution in [0.5, 0.6) is 0 Å². The van der Waals surface area contributed by atoms with E-state index in [1.54, 1.807) is 13.2 Å². The van der Waals surface area contributed by atoms with Crippen molar-refractivity contribution in [3.8, 4) is 0 Å². The highest BCUT2D eigenvalue weighted by Gasteiger charge is 2.34. The summed E-state index contributed by atoms with van der Waals surface area (Å²) in [5.41, 5.74) is 6.79. The van der Waals surface area contributed by atoms with E-state index in [2.05, 4.69) is 9.97 Å². The predicted molar refractivity (Wildman–Crippen MR) is 81.0 cm³/mol. The third-order valence-corrected chi connectivity index (χ3v) is 6.47. The molecule has 2 aromatic rings. The molecule has 1 fully saturated rings. The Kier molecular flexibility index (Phi) is 3.33. The van der Waals surface area contributed by atoms with E-state index in [1.807, 2.05) is 0 Å². The van der Waals surface area contributed by atoms with Gasteiger partial charge in [-0.25, -0.2) is 18.4 Å². The van der Waals surface area contributed by atoms with Crippen LogP contribution in [0, 0.1) is 0 Å². The predicted octanol–water partition coefficient (Wildman–Crippen LogP) is 0.533. The Morgan fingerprint density at radius 3 is 2.76 bits per heavy atom. The normalized spacial score (nSPS) is 20.7. The van der Waals surface area contributed by atoms with Crippen LogP contribution in [0.1, 0.15) is 16.1 Å². The highest BCUT2D eigenvalue weighted by atomic mass is 32.2. The van der Waals surface area contributed by atoms with Gasteiger partial charge >= 0.3 is 0 Å². The van der Waals surface area contributed by atoms with Crippen molar-refractivity contribution in [1.82, 2.24) is 14.9 Å². The van der Waals surface area contributed by atoms with Gasteiger partial charge in [-0.1, -0.05) is 0 Å². The van der Waals surface area contributed by atoms with E-state index in [1.165, 1.54) is 22.4 Å². The van der Waals surface area contributed by atoms with Crippen molar-refractivity contribution in [1.29, 1.82) is 0 Å². The lowest BCUT2D eigenvalue weighted by atomic mass is 10.2. The van der Waals surface area contributed by atoms with Gasteiger partial charge < -0.3 is 10.6 Å². The SMILES string of the molecule is CN(C(=O)c1sc2nccnc2c1N)C1CCS(=O)(=O)C1. The first-order valence-corrected chi connectivity index (χ1v) is 8.99. The highest BCUT2D eigenvalue weighted by molar-refractivity contribution is 7.91. The molecule has 3 rings (SSSR count). The number of nitrogen functional groups attached to an aromatic ring is 1. The number of nitrogens with two attached hydrogens (primary N) is 1. The summed E-state index contributed by atoms with van der Waals surface area (Å²) in [5.74, 6) is -0.143. The molecule has 0 bridgehead atoms. The van der Waals surface area contributed by atoms with E-state index in [4.69, 9.17) is 5.73 Å². The molecule has 2 aromatic heterocycles. The Bertz CT molecular complexity index is 815. The monoisotopic (exact) mass is 326 g/mol. The lowest BCUT2D eigenvalue weighted by Crippen LogP contribution is -2.37. The first-order valence-electron chi connectivity index (χ1n) is 6.35. The van der Waals surface area contributed by atoms with Gasteiger partial charge in [0, 0.05) is 25.5 Å². The summed E-state index contributed by atoms with van der Waals surface area (Å²) >= 11 is 1.18. The first kappa shape index (κ1) is 14.2. The maximum Gasteiger partial charge on any atom is 0.266 e. The van der Waals surface area contributed by atoms with Crippen molar-refractivity contribution in [2.45, 2.75) is 12.5 Å². The van der Waals surface area contributed by atoms with E-state index < -0.39 is 9.84 Å². The van der Waals surface area contributed by atoms with Gasteiger partial charge in [-0.05, 0) is 6.42 Å². The number of carbonyl (C=O) groups is 1. The fraction of sp³-hybridized carbons (Fsp3) is 0.417. The molecule has 21 heavy (non-hydrogen) atoms. The first-order chi connectivity index (χ1) is 9.89. The number of anilines is 1. The van der Waals surface area contributed by atoms with Crippen LogP contribution in [0.4, 0.5) is 5.69 Å². The van der Waals surface area contributed by atoms with Crippen molar-refractivity contribution in [2.75, 3.05) is 24.3 Å². The largest absolute Gasteiger partial charge is 0.396 e. The third-order valence-electron chi connectivity index (χ3n) is 3.63. The summed E-state index contributed by atoms with van der Waals surface area (Å²) in [6, 6.07) is -0.298. The number of carbonyl (C=O) groups excluding carboxylic acids is 1. The second-order valence-corrected chi connectivity index (χ2v) is 8.26. The molecular formula is C12H14N4O3S2. The third kappa shape index (κ3) is 2.46. The second-order valence-electron chi connectivity index (χ2n) is 5.03. The molecule has 2 N–H and O–H groups in total. The molecule has 1 aliphatic rings. The maximum absolute atomic E-state index is 12.5. The summed E-state index contributed by atoms with van der Waals surface area (Å²) in [7, 11) is -1.43. The molecule has 3 heterocycles. The summed E-state index contributed by atoms with van der Waals surface area (Å²) in [6.07, 6.45) is 3.53. The van der Waals surface area contributed by atoms with Gasteiger partial charge in [-0.15, -0.1) is 11.3 Å². The van der Waals surface area contributed by atoms with E-state index in [0.717, 1.165) is 0 Å². The van der Waals surface area contributed by atoms with Crippen LogP contribution in [0.2, 0.25) is 0 Å². The topological polar surface area (TPSA) is 106 Å². The molecule has 1 saturated heterocycles. The average molecular weight is 326 g/mol. The number of rotatable bonds is 2. The molecule has 0 aromatic carbocycles. The second kappa shape index (κ2) is 4.92. The minimum Gasteiger partial charge on any atom is -0.396 e. The van der Waals surface area contributed by atoms with Gasteiger partial charge in [-0.2, -0.15) is 0 Å². The fourth-order valence-corrected chi connectivity index (χ4v) is 5.19. The molecule has 0 radical (unpaired) electrons. The Balaban J connectivity index is 1.92. The lowest BCUT2D eigenvalue weighted by molar-refractivity contribution is 0.0753. The number of fused-ring (bicyclic) bond motifs is 1. The number of hydrogen-bond donors (Lipinski definition) is 1. The standard InChI is InChI=1S/C12H14N4O3S2/c1-16(7-2-5-21(18,19)6-7)12(17)10-8(13)9-11(20-10)15-4-3-14-9/h3-4,7H,2,5-6,13H2,1H3. The number of sulfone groups is 1. The molecule has 0 spiro atoms. The smallest absolute Gasteiger partial charge is 0.266 e. The van der Waals surface area contributed by atoms with Crippen LogP contribution < -0.4 is 5.73 Å². The summed E-state index contributed by atoms with van der Waals surface area (Å²) < 4.78 is 23.1. The van der Waals surface area contributed by atoms with Crippen LogP contribution in [0.3, 0.4) is 0 Å². The number of aromatic nitrogens is 2. The van der Waals surface area contributed by atoms with Gasteiger partial charge in [0.2, 0.25) is 0 Å². The summed E-state index contributed by atoms with van der Waals surface area (Å²) in [4.78, 5) is 23.2. The molecule has 1 amide bonds. The van der Waals surface area contributed by atoms with Crippen LogP contribution >= 0.6 is 11.3 Å². The number of thiophene rings is 1. The zero-order valence-electron chi connectivity index (χ0n) is 11.3.